The molecule has 1 amide bonds. The predicted octanol–water partition coefficient (Wildman–Crippen LogP) is 1.86. The number of rotatable bonds is 7. The minimum absolute atomic E-state index is 0.123. The van der Waals surface area contributed by atoms with Gasteiger partial charge in [0.2, 0.25) is 0 Å². The highest BCUT2D eigenvalue weighted by Crippen LogP contribution is 2.35. The summed E-state index contributed by atoms with van der Waals surface area (Å²) in [5.74, 6) is 0.581. The van der Waals surface area contributed by atoms with Crippen molar-refractivity contribution in [2.24, 2.45) is 0 Å². The number of amides is 1. The molecular weight excluding hydrogens is 270 g/mol. The number of methoxy groups -OCH3 is 2. The third kappa shape index (κ3) is 4.29. The van der Waals surface area contributed by atoms with Crippen LogP contribution in [0.5, 0.6) is 11.5 Å². The molecule has 0 saturated carbocycles. The molecule has 0 heterocycles. The number of unbranched alkanes of at least 4 members (excludes halogenated alkanes) is 1. The Labute approximate surface area is 117 Å². The SMILES string of the molecule is COc1cc(C(=O)NCCCCO)cc(Cl)c1OC. The van der Waals surface area contributed by atoms with Crippen molar-refractivity contribution in [1.82, 2.24) is 5.32 Å². The van der Waals surface area contributed by atoms with Crippen LogP contribution in [-0.4, -0.2) is 38.4 Å². The van der Waals surface area contributed by atoms with E-state index >= 15 is 0 Å². The summed E-state index contributed by atoms with van der Waals surface area (Å²) in [6.07, 6.45) is 1.39. The van der Waals surface area contributed by atoms with Gasteiger partial charge in [0, 0.05) is 18.7 Å². The summed E-state index contributed by atoms with van der Waals surface area (Å²) in [7, 11) is 2.97. The van der Waals surface area contributed by atoms with E-state index in [0.29, 0.717) is 35.1 Å². The highest BCUT2D eigenvalue weighted by Gasteiger charge is 2.14. The van der Waals surface area contributed by atoms with Crippen molar-refractivity contribution < 1.29 is 19.4 Å². The van der Waals surface area contributed by atoms with E-state index in [1.165, 1.54) is 20.3 Å². The van der Waals surface area contributed by atoms with Crippen molar-refractivity contribution in [3.05, 3.63) is 22.7 Å². The van der Waals surface area contributed by atoms with Gasteiger partial charge >= 0.3 is 0 Å². The molecule has 106 valence electrons. The Morgan fingerprint density at radius 2 is 2.05 bits per heavy atom. The van der Waals surface area contributed by atoms with Crippen LogP contribution in [0.25, 0.3) is 0 Å². The van der Waals surface area contributed by atoms with Crippen LogP contribution in [0.3, 0.4) is 0 Å². The number of halogens is 1. The number of hydrogen-bond acceptors (Lipinski definition) is 4. The number of hydrogen-bond donors (Lipinski definition) is 2. The number of aliphatic hydroxyl groups is 1. The van der Waals surface area contributed by atoms with Crippen LogP contribution >= 0.6 is 11.6 Å². The van der Waals surface area contributed by atoms with Crippen LogP contribution in [0.2, 0.25) is 5.02 Å². The molecule has 0 atom stereocenters. The summed E-state index contributed by atoms with van der Waals surface area (Å²) < 4.78 is 10.2. The first kappa shape index (κ1) is 15.6. The van der Waals surface area contributed by atoms with E-state index in [2.05, 4.69) is 5.32 Å². The molecule has 19 heavy (non-hydrogen) atoms. The summed E-state index contributed by atoms with van der Waals surface area (Å²) in [4.78, 5) is 11.9. The third-order valence-electron chi connectivity index (χ3n) is 2.57. The minimum Gasteiger partial charge on any atom is -0.493 e. The summed E-state index contributed by atoms with van der Waals surface area (Å²) in [6.45, 7) is 0.628. The molecule has 0 radical (unpaired) electrons. The van der Waals surface area contributed by atoms with Gasteiger partial charge in [-0.3, -0.25) is 4.79 Å². The van der Waals surface area contributed by atoms with Crippen LogP contribution in [0, 0.1) is 0 Å². The van der Waals surface area contributed by atoms with Crippen LogP contribution < -0.4 is 14.8 Å². The summed E-state index contributed by atoms with van der Waals surface area (Å²) in [5.41, 5.74) is 0.409. The maximum atomic E-state index is 11.9. The first-order valence-corrected chi connectivity index (χ1v) is 6.32. The second-order valence-corrected chi connectivity index (χ2v) is 4.29. The number of benzene rings is 1. The molecule has 0 unspecified atom stereocenters. The average molecular weight is 288 g/mol. The zero-order valence-electron chi connectivity index (χ0n) is 11.0. The summed E-state index contributed by atoms with van der Waals surface area (Å²) in [6, 6.07) is 3.11. The van der Waals surface area contributed by atoms with Gasteiger partial charge in [-0.15, -0.1) is 0 Å². The molecule has 0 aromatic heterocycles. The first-order valence-electron chi connectivity index (χ1n) is 5.94. The molecule has 2 N–H and O–H groups in total. The van der Waals surface area contributed by atoms with Crippen molar-refractivity contribution >= 4 is 17.5 Å². The van der Waals surface area contributed by atoms with E-state index in [1.807, 2.05) is 0 Å². The quantitative estimate of drug-likeness (QED) is 0.751. The van der Waals surface area contributed by atoms with Gasteiger partial charge in [0.25, 0.3) is 5.91 Å². The molecule has 0 aliphatic rings. The molecular formula is C13H18ClNO4. The van der Waals surface area contributed by atoms with Gasteiger partial charge < -0.3 is 19.9 Å². The largest absolute Gasteiger partial charge is 0.493 e. The average Bonchev–Trinajstić information content (AvgIpc) is 2.42. The molecule has 0 fully saturated rings. The molecule has 0 spiro atoms. The van der Waals surface area contributed by atoms with Gasteiger partial charge in [-0.05, 0) is 25.0 Å². The Bertz CT molecular complexity index is 437. The molecule has 6 heteroatoms. The fourth-order valence-electron chi connectivity index (χ4n) is 1.59. The van der Waals surface area contributed by atoms with E-state index in [4.69, 9.17) is 26.2 Å². The normalized spacial score (nSPS) is 10.1. The third-order valence-corrected chi connectivity index (χ3v) is 2.85. The number of carbonyl (C=O) groups is 1. The smallest absolute Gasteiger partial charge is 0.251 e. The molecule has 1 aromatic rings. The van der Waals surface area contributed by atoms with Crippen LogP contribution in [0.4, 0.5) is 0 Å². The number of nitrogens with one attached hydrogen (secondary N) is 1. The zero-order chi connectivity index (χ0) is 14.3. The lowest BCUT2D eigenvalue weighted by atomic mass is 10.2. The molecule has 0 saturated heterocycles. The second kappa shape index (κ2) is 7.86. The Morgan fingerprint density at radius 3 is 2.63 bits per heavy atom. The van der Waals surface area contributed by atoms with E-state index in [1.54, 1.807) is 6.07 Å². The van der Waals surface area contributed by atoms with Gasteiger partial charge in [-0.25, -0.2) is 0 Å². The lowest BCUT2D eigenvalue weighted by molar-refractivity contribution is 0.0951. The maximum absolute atomic E-state index is 11.9. The highest BCUT2D eigenvalue weighted by molar-refractivity contribution is 6.32. The molecule has 0 aliphatic carbocycles. The molecule has 0 aliphatic heterocycles. The zero-order valence-corrected chi connectivity index (χ0v) is 11.8. The fourth-order valence-corrected chi connectivity index (χ4v) is 1.88. The fraction of sp³-hybridized carbons (Fsp3) is 0.462. The van der Waals surface area contributed by atoms with Gasteiger partial charge in [0.05, 0.1) is 19.2 Å². The van der Waals surface area contributed by atoms with Crippen LogP contribution in [0.15, 0.2) is 12.1 Å². The van der Waals surface area contributed by atoms with Crippen LogP contribution in [0.1, 0.15) is 23.2 Å². The van der Waals surface area contributed by atoms with Crippen molar-refractivity contribution in [3.8, 4) is 11.5 Å². The van der Waals surface area contributed by atoms with Gasteiger partial charge in [0.15, 0.2) is 11.5 Å². The summed E-state index contributed by atoms with van der Waals surface area (Å²) in [5, 5.41) is 11.7. The minimum atomic E-state index is -0.235. The van der Waals surface area contributed by atoms with Crippen LogP contribution in [-0.2, 0) is 0 Å². The Kier molecular flexibility index (Phi) is 6.45. The number of carbonyl (C=O) groups excluding carboxylic acids is 1. The van der Waals surface area contributed by atoms with Gasteiger partial charge in [-0.2, -0.15) is 0 Å². The maximum Gasteiger partial charge on any atom is 0.251 e. The second-order valence-electron chi connectivity index (χ2n) is 3.88. The molecule has 0 bridgehead atoms. The Balaban J connectivity index is 2.77. The summed E-state index contributed by atoms with van der Waals surface area (Å²) >= 11 is 6.02. The standard InChI is InChI=1S/C13H18ClNO4/c1-18-11-8-9(7-10(14)12(11)19-2)13(17)15-5-3-4-6-16/h7-8,16H,3-6H2,1-2H3,(H,15,17). The number of ether oxygens (including phenoxy) is 2. The van der Waals surface area contributed by atoms with E-state index < -0.39 is 0 Å². The number of aliphatic hydroxyl groups excluding tert-OH is 1. The predicted molar refractivity (Wildman–Crippen MR) is 73.2 cm³/mol. The Morgan fingerprint density at radius 1 is 1.32 bits per heavy atom. The van der Waals surface area contributed by atoms with E-state index in [9.17, 15) is 4.79 Å². The lowest BCUT2D eigenvalue weighted by Crippen LogP contribution is -2.24. The van der Waals surface area contributed by atoms with Gasteiger partial charge in [0.1, 0.15) is 0 Å². The van der Waals surface area contributed by atoms with Crippen molar-refractivity contribution in [2.45, 2.75) is 12.8 Å². The monoisotopic (exact) mass is 287 g/mol. The van der Waals surface area contributed by atoms with E-state index in [-0.39, 0.29) is 12.5 Å². The van der Waals surface area contributed by atoms with Crippen molar-refractivity contribution in [2.75, 3.05) is 27.4 Å². The molecule has 1 rings (SSSR count). The topological polar surface area (TPSA) is 67.8 Å². The molecule has 1 aromatic carbocycles. The molecule has 5 nitrogen and oxygen atoms in total. The van der Waals surface area contributed by atoms with Gasteiger partial charge in [-0.1, -0.05) is 11.6 Å². The first-order chi connectivity index (χ1) is 9.13. The lowest BCUT2D eigenvalue weighted by Gasteiger charge is -2.11. The highest BCUT2D eigenvalue weighted by atomic mass is 35.5. The van der Waals surface area contributed by atoms with E-state index in [0.717, 1.165) is 6.42 Å². The van der Waals surface area contributed by atoms with Crippen molar-refractivity contribution in [3.63, 3.8) is 0 Å². The Hall–Kier alpha value is -1.46. The van der Waals surface area contributed by atoms with Crippen molar-refractivity contribution in [1.29, 1.82) is 0 Å².